The van der Waals surface area contributed by atoms with Crippen molar-refractivity contribution in [3.8, 4) is 0 Å². The highest BCUT2D eigenvalue weighted by Crippen LogP contribution is 2.34. The molecule has 0 aliphatic rings. The summed E-state index contributed by atoms with van der Waals surface area (Å²) in [5, 5.41) is 19.6. The van der Waals surface area contributed by atoms with Gasteiger partial charge in [-0.05, 0) is 68.1 Å². The minimum absolute atomic E-state index is 0.234. The van der Waals surface area contributed by atoms with Crippen LogP contribution < -0.4 is 21.2 Å². The van der Waals surface area contributed by atoms with E-state index in [9.17, 15) is 9.50 Å². The summed E-state index contributed by atoms with van der Waals surface area (Å²) in [6, 6.07) is 26.5. The first-order valence-corrected chi connectivity index (χ1v) is 11.4. The number of hydrogen-bond donors (Lipinski definition) is 3. The largest absolute Gasteiger partial charge is 0.391 e. The number of aliphatic hydroxyl groups excluding tert-OH is 1. The smallest absolute Gasteiger partial charge is 0.171 e. The van der Waals surface area contributed by atoms with Crippen molar-refractivity contribution in [2.24, 2.45) is 0 Å². The molecule has 29 heavy (non-hydrogen) atoms. The van der Waals surface area contributed by atoms with Crippen molar-refractivity contribution in [1.82, 2.24) is 5.32 Å². The molecule has 2 atom stereocenters. The maximum Gasteiger partial charge on any atom is 0.171 e. The standard InChI is InChI=1S/C23H24FN2OPS/c1-17(27)22(26-23(29)25-19-14-12-18(24)13-15-19)16-28(20-8-4-2-5-9-20)21-10-6-3-7-11-21/h2-15,17,22,27H,16H2,1H3,(H2,25,26,29)/t17-,22-/m1/s1. The number of rotatable bonds is 7. The number of nitrogens with one attached hydrogen (secondary N) is 2. The van der Waals surface area contributed by atoms with Gasteiger partial charge in [0.2, 0.25) is 0 Å². The fourth-order valence-corrected chi connectivity index (χ4v) is 5.80. The minimum Gasteiger partial charge on any atom is -0.391 e. The minimum atomic E-state index is -0.676. The van der Waals surface area contributed by atoms with E-state index in [-0.39, 0.29) is 11.9 Å². The Kier molecular flexibility index (Phi) is 7.70. The van der Waals surface area contributed by atoms with Gasteiger partial charge in [-0.25, -0.2) is 4.39 Å². The zero-order valence-electron chi connectivity index (χ0n) is 16.1. The molecule has 0 radical (unpaired) electrons. The molecule has 0 heterocycles. The Labute approximate surface area is 177 Å². The molecule has 0 spiro atoms. The van der Waals surface area contributed by atoms with Crippen LogP contribution in [0.1, 0.15) is 6.92 Å². The molecule has 0 aromatic heterocycles. The molecule has 0 fully saturated rings. The molecule has 0 amide bonds. The van der Waals surface area contributed by atoms with Crippen molar-refractivity contribution < 1.29 is 9.50 Å². The zero-order chi connectivity index (χ0) is 20.6. The van der Waals surface area contributed by atoms with Gasteiger partial charge in [0.15, 0.2) is 5.11 Å². The first-order valence-electron chi connectivity index (χ1n) is 9.42. The SMILES string of the molecule is C[C@@H](O)[C@@H](CP(c1ccccc1)c1ccccc1)NC(=S)Nc1ccc(F)cc1. The zero-order valence-corrected chi connectivity index (χ0v) is 17.8. The van der Waals surface area contributed by atoms with Gasteiger partial charge in [0.05, 0.1) is 12.1 Å². The van der Waals surface area contributed by atoms with Crippen LogP contribution in [0.15, 0.2) is 84.9 Å². The lowest BCUT2D eigenvalue weighted by atomic mass is 10.2. The molecule has 0 aliphatic carbocycles. The van der Waals surface area contributed by atoms with Crippen molar-refractivity contribution in [2.75, 3.05) is 11.5 Å². The summed E-state index contributed by atoms with van der Waals surface area (Å²) in [6.07, 6.45) is 0.132. The van der Waals surface area contributed by atoms with Gasteiger partial charge in [-0.15, -0.1) is 0 Å². The van der Waals surface area contributed by atoms with Gasteiger partial charge in [-0.3, -0.25) is 0 Å². The summed E-state index contributed by atoms with van der Waals surface area (Å²) in [7, 11) is -0.676. The first kappa shape index (κ1) is 21.4. The summed E-state index contributed by atoms with van der Waals surface area (Å²) < 4.78 is 13.1. The summed E-state index contributed by atoms with van der Waals surface area (Å²) in [4.78, 5) is 0. The summed E-state index contributed by atoms with van der Waals surface area (Å²) >= 11 is 5.43. The second-order valence-electron chi connectivity index (χ2n) is 6.73. The Morgan fingerprint density at radius 1 is 0.931 bits per heavy atom. The van der Waals surface area contributed by atoms with Crippen molar-refractivity contribution in [3.05, 3.63) is 90.7 Å². The van der Waals surface area contributed by atoms with Gasteiger partial charge < -0.3 is 15.7 Å². The van der Waals surface area contributed by atoms with Gasteiger partial charge in [0.1, 0.15) is 5.82 Å². The van der Waals surface area contributed by atoms with E-state index < -0.39 is 14.0 Å². The normalized spacial score (nSPS) is 13.0. The van der Waals surface area contributed by atoms with Crippen LogP contribution >= 0.6 is 20.1 Å². The Bertz CT molecular complexity index is 868. The van der Waals surface area contributed by atoms with E-state index in [1.807, 2.05) is 36.4 Å². The highest BCUT2D eigenvalue weighted by molar-refractivity contribution is 7.80. The summed E-state index contributed by atoms with van der Waals surface area (Å²) in [5.74, 6) is -0.298. The molecule has 0 saturated heterocycles. The second-order valence-corrected chi connectivity index (χ2v) is 9.40. The van der Waals surface area contributed by atoms with Crippen molar-refractivity contribution in [2.45, 2.75) is 19.1 Å². The summed E-state index contributed by atoms with van der Waals surface area (Å²) in [6.45, 7) is 1.77. The average Bonchev–Trinajstić information content (AvgIpc) is 2.74. The number of anilines is 1. The van der Waals surface area contributed by atoms with Crippen LogP contribution in [0.25, 0.3) is 0 Å². The number of benzene rings is 3. The van der Waals surface area contributed by atoms with Crippen LogP contribution in [0, 0.1) is 5.82 Å². The van der Waals surface area contributed by atoms with Crippen LogP contribution in [0.4, 0.5) is 10.1 Å². The number of halogens is 1. The van der Waals surface area contributed by atoms with E-state index in [2.05, 4.69) is 34.9 Å². The fourth-order valence-electron chi connectivity index (χ4n) is 2.96. The predicted octanol–water partition coefficient (Wildman–Crippen LogP) is 3.99. The predicted molar refractivity (Wildman–Crippen MR) is 125 cm³/mol. The summed E-state index contributed by atoms with van der Waals surface area (Å²) in [5.41, 5.74) is 0.696. The molecule has 3 N–H and O–H groups in total. The van der Waals surface area contributed by atoms with Crippen LogP contribution in [0.2, 0.25) is 0 Å². The monoisotopic (exact) mass is 426 g/mol. The average molecular weight is 426 g/mol. The molecule has 3 rings (SSSR count). The highest BCUT2D eigenvalue weighted by Gasteiger charge is 2.23. The molecular weight excluding hydrogens is 402 g/mol. The molecule has 0 unspecified atom stereocenters. The number of thiocarbonyl (C=S) groups is 1. The molecule has 3 nitrogen and oxygen atoms in total. The molecule has 0 saturated carbocycles. The third-order valence-electron chi connectivity index (χ3n) is 4.52. The number of aliphatic hydroxyl groups is 1. The van der Waals surface area contributed by atoms with E-state index in [0.717, 1.165) is 6.16 Å². The van der Waals surface area contributed by atoms with E-state index in [1.165, 1.54) is 22.7 Å². The Balaban J connectivity index is 1.76. The van der Waals surface area contributed by atoms with Crippen LogP contribution in [-0.4, -0.2) is 28.5 Å². The van der Waals surface area contributed by atoms with Crippen molar-refractivity contribution in [3.63, 3.8) is 0 Å². The third kappa shape index (κ3) is 6.33. The van der Waals surface area contributed by atoms with Gasteiger partial charge in [-0.2, -0.15) is 0 Å². The van der Waals surface area contributed by atoms with E-state index in [1.54, 1.807) is 19.1 Å². The van der Waals surface area contributed by atoms with Crippen LogP contribution in [0.3, 0.4) is 0 Å². The lowest BCUT2D eigenvalue weighted by Gasteiger charge is -2.28. The quantitative estimate of drug-likeness (QED) is 0.395. The van der Waals surface area contributed by atoms with Gasteiger partial charge in [0, 0.05) is 5.69 Å². The van der Waals surface area contributed by atoms with Crippen molar-refractivity contribution in [1.29, 1.82) is 0 Å². The topological polar surface area (TPSA) is 44.3 Å². The Morgan fingerprint density at radius 2 is 1.45 bits per heavy atom. The van der Waals surface area contributed by atoms with E-state index >= 15 is 0 Å². The maximum absolute atomic E-state index is 13.1. The molecule has 3 aromatic rings. The van der Waals surface area contributed by atoms with Gasteiger partial charge >= 0.3 is 0 Å². The second kappa shape index (κ2) is 10.4. The molecule has 150 valence electrons. The lowest BCUT2D eigenvalue weighted by molar-refractivity contribution is 0.164. The molecule has 6 heteroatoms. The lowest BCUT2D eigenvalue weighted by Crippen LogP contribution is -2.46. The highest BCUT2D eigenvalue weighted by atomic mass is 32.1. The molecule has 0 aliphatic heterocycles. The van der Waals surface area contributed by atoms with Crippen LogP contribution in [0.5, 0.6) is 0 Å². The van der Waals surface area contributed by atoms with Crippen molar-refractivity contribution >= 4 is 41.5 Å². The molecular formula is C23H24FN2OPS. The molecule has 0 bridgehead atoms. The Morgan fingerprint density at radius 3 is 1.93 bits per heavy atom. The van der Waals surface area contributed by atoms with Crippen LogP contribution in [-0.2, 0) is 0 Å². The molecule has 3 aromatic carbocycles. The number of hydrogen-bond acceptors (Lipinski definition) is 2. The third-order valence-corrected chi connectivity index (χ3v) is 7.34. The van der Waals surface area contributed by atoms with Gasteiger partial charge in [0.25, 0.3) is 0 Å². The van der Waals surface area contributed by atoms with Gasteiger partial charge in [-0.1, -0.05) is 60.7 Å². The maximum atomic E-state index is 13.1. The first-order chi connectivity index (χ1) is 14.0. The van der Waals surface area contributed by atoms with E-state index in [4.69, 9.17) is 12.2 Å². The Hall–Kier alpha value is -2.33. The van der Waals surface area contributed by atoms with E-state index in [0.29, 0.717) is 10.8 Å². The fraction of sp³-hybridized carbons (Fsp3) is 0.174.